The van der Waals surface area contributed by atoms with Crippen LogP contribution in [0.25, 0.3) is 0 Å². The van der Waals surface area contributed by atoms with Gasteiger partial charge in [-0.05, 0) is 55.0 Å². The number of pyridine rings is 1. The van der Waals surface area contributed by atoms with Crippen molar-refractivity contribution in [1.82, 2.24) is 15.6 Å². The van der Waals surface area contributed by atoms with E-state index in [9.17, 15) is 14.0 Å². The number of halogens is 2. The monoisotopic (exact) mass is 417 g/mol. The third-order valence-corrected chi connectivity index (χ3v) is 5.92. The molecule has 1 unspecified atom stereocenters. The molecule has 3 saturated carbocycles. The lowest BCUT2D eigenvalue weighted by molar-refractivity contribution is -0.166. The number of hydrogen-bond acceptors (Lipinski definition) is 4. The Morgan fingerprint density at radius 3 is 2.55 bits per heavy atom. The number of nitrogens with one attached hydrogen (secondary N) is 2. The second kappa shape index (κ2) is 7.99. The van der Waals surface area contributed by atoms with Crippen molar-refractivity contribution in [3.8, 4) is 5.75 Å². The molecule has 2 amide bonds. The van der Waals surface area contributed by atoms with Gasteiger partial charge in [0.2, 0.25) is 5.91 Å². The van der Waals surface area contributed by atoms with E-state index in [1.54, 1.807) is 12.4 Å². The molecule has 29 heavy (non-hydrogen) atoms. The van der Waals surface area contributed by atoms with Crippen molar-refractivity contribution in [1.29, 1.82) is 0 Å². The highest BCUT2D eigenvalue weighted by atomic mass is 35.5. The lowest BCUT2D eigenvalue weighted by atomic mass is 9.44. The van der Waals surface area contributed by atoms with E-state index in [1.165, 1.54) is 12.1 Å². The van der Waals surface area contributed by atoms with E-state index in [-0.39, 0.29) is 28.7 Å². The van der Waals surface area contributed by atoms with E-state index in [0.717, 1.165) is 30.9 Å². The summed E-state index contributed by atoms with van der Waals surface area (Å²) in [4.78, 5) is 29.0. The molecule has 8 heteroatoms. The summed E-state index contributed by atoms with van der Waals surface area (Å²) in [6, 6.07) is 7.63. The van der Waals surface area contributed by atoms with E-state index < -0.39 is 17.9 Å². The Labute approximate surface area is 172 Å². The molecular weight excluding hydrogens is 397 g/mol. The average molecular weight is 418 g/mol. The SMILES string of the molecule is O=C(COc1ccc(Cl)c(F)c1)NC(Cc1ccncc1)NC(=O)C12CC(C1)C2. The van der Waals surface area contributed by atoms with Gasteiger partial charge in [0.05, 0.1) is 10.4 Å². The van der Waals surface area contributed by atoms with Crippen molar-refractivity contribution in [3.63, 3.8) is 0 Å². The van der Waals surface area contributed by atoms with Crippen molar-refractivity contribution in [2.24, 2.45) is 11.3 Å². The Kier molecular flexibility index (Phi) is 5.41. The van der Waals surface area contributed by atoms with E-state index in [1.807, 2.05) is 12.1 Å². The maximum atomic E-state index is 13.5. The lowest BCUT2D eigenvalue weighted by Gasteiger charge is -2.60. The largest absolute Gasteiger partial charge is 0.484 e. The molecule has 3 aliphatic rings. The van der Waals surface area contributed by atoms with Crippen LogP contribution in [0.15, 0.2) is 42.7 Å². The molecule has 2 bridgehead atoms. The van der Waals surface area contributed by atoms with Crippen LogP contribution in [0.3, 0.4) is 0 Å². The van der Waals surface area contributed by atoms with Gasteiger partial charge in [0.15, 0.2) is 6.61 Å². The second-order valence-corrected chi connectivity index (χ2v) is 8.18. The van der Waals surface area contributed by atoms with Gasteiger partial charge in [0, 0.05) is 24.9 Å². The lowest BCUT2D eigenvalue weighted by Crippen LogP contribution is -2.63. The van der Waals surface area contributed by atoms with E-state index >= 15 is 0 Å². The molecule has 0 aliphatic heterocycles. The number of benzene rings is 1. The Hall–Kier alpha value is -2.67. The van der Waals surface area contributed by atoms with Gasteiger partial charge in [-0.2, -0.15) is 0 Å². The summed E-state index contributed by atoms with van der Waals surface area (Å²) in [5.74, 6) is -0.170. The standard InChI is InChI=1S/C21H21ClFN3O3/c22-16-2-1-15(8-17(16)23)29-12-19(27)25-18(7-13-3-5-24-6-4-13)26-20(28)21-9-14(10-21)11-21/h1-6,8,14,18H,7,9-12H2,(H,25,27)(H,26,28). The van der Waals surface area contributed by atoms with Gasteiger partial charge in [-0.15, -0.1) is 0 Å². The molecular formula is C21H21ClFN3O3. The van der Waals surface area contributed by atoms with Crippen molar-refractivity contribution in [3.05, 3.63) is 59.1 Å². The first-order valence-corrected chi connectivity index (χ1v) is 9.88. The van der Waals surface area contributed by atoms with Crippen LogP contribution in [0.2, 0.25) is 5.02 Å². The minimum atomic E-state index is -0.619. The molecule has 2 N–H and O–H groups in total. The molecule has 2 aromatic rings. The second-order valence-electron chi connectivity index (χ2n) is 7.78. The van der Waals surface area contributed by atoms with Crippen LogP contribution in [-0.2, 0) is 16.0 Å². The summed E-state index contributed by atoms with van der Waals surface area (Å²) in [6.07, 6.45) is 5.97. The maximum Gasteiger partial charge on any atom is 0.259 e. The number of hydrogen-bond donors (Lipinski definition) is 2. The van der Waals surface area contributed by atoms with Crippen LogP contribution in [0, 0.1) is 17.2 Å². The first-order valence-electron chi connectivity index (χ1n) is 9.51. The van der Waals surface area contributed by atoms with Crippen LogP contribution in [0.5, 0.6) is 5.75 Å². The molecule has 3 aliphatic carbocycles. The number of rotatable bonds is 8. The minimum absolute atomic E-state index is 0.0138. The predicted molar refractivity (Wildman–Crippen MR) is 105 cm³/mol. The highest BCUT2D eigenvalue weighted by Crippen LogP contribution is 2.64. The summed E-state index contributed by atoms with van der Waals surface area (Å²) in [6.45, 7) is -0.309. The van der Waals surface area contributed by atoms with Gasteiger partial charge < -0.3 is 15.4 Å². The van der Waals surface area contributed by atoms with Gasteiger partial charge in [-0.25, -0.2) is 4.39 Å². The van der Waals surface area contributed by atoms with Crippen molar-refractivity contribution in [2.45, 2.75) is 31.8 Å². The first-order chi connectivity index (χ1) is 13.9. The molecule has 1 aromatic heterocycles. The Balaban J connectivity index is 1.36. The predicted octanol–water partition coefficient (Wildman–Crippen LogP) is 2.85. The molecule has 0 spiro atoms. The number of nitrogens with zero attached hydrogens (tertiary/aromatic N) is 1. The first kappa shape index (κ1) is 19.6. The fourth-order valence-corrected chi connectivity index (χ4v) is 4.03. The smallest absolute Gasteiger partial charge is 0.259 e. The van der Waals surface area contributed by atoms with Crippen LogP contribution >= 0.6 is 11.6 Å². The van der Waals surface area contributed by atoms with E-state index in [2.05, 4.69) is 15.6 Å². The average Bonchev–Trinajstić information content (AvgIpc) is 2.61. The highest BCUT2D eigenvalue weighted by Gasteiger charge is 2.61. The number of carbonyl (C=O) groups excluding carboxylic acids is 2. The van der Waals surface area contributed by atoms with Gasteiger partial charge in [0.1, 0.15) is 17.7 Å². The summed E-state index contributed by atoms with van der Waals surface area (Å²) >= 11 is 5.64. The maximum absolute atomic E-state index is 13.5. The van der Waals surface area contributed by atoms with Crippen molar-refractivity contribution < 1.29 is 18.7 Å². The summed E-state index contributed by atoms with van der Waals surface area (Å²) in [5, 5.41) is 5.74. The fraction of sp³-hybridized carbons (Fsp3) is 0.381. The van der Waals surface area contributed by atoms with Crippen LogP contribution in [-0.4, -0.2) is 29.6 Å². The third kappa shape index (κ3) is 4.34. The van der Waals surface area contributed by atoms with Gasteiger partial charge >= 0.3 is 0 Å². The van der Waals surface area contributed by atoms with E-state index in [4.69, 9.17) is 16.3 Å². The minimum Gasteiger partial charge on any atom is -0.484 e. The summed E-state index contributed by atoms with van der Waals surface area (Å²) in [7, 11) is 0. The molecule has 5 rings (SSSR count). The Bertz CT molecular complexity index is 908. The highest BCUT2D eigenvalue weighted by molar-refractivity contribution is 6.30. The molecule has 1 heterocycles. The van der Waals surface area contributed by atoms with Crippen molar-refractivity contribution >= 4 is 23.4 Å². The zero-order valence-electron chi connectivity index (χ0n) is 15.7. The van der Waals surface area contributed by atoms with Gasteiger partial charge in [-0.1, -0.05) is 11.6 Å². The summed E-state index contributed by atoms with van der Waals surface area (Å²) < 4.78 is 18.8. The molecule has 0 saturated heterocycles. The number of ether oxygens (including phenoxy) is 1. The summed E-state index contributed by atoms with van der Waals surface area (Å²) in [5.41, 5.74) is 0.687. The van der Waals surface area contributed by atoms with Crippen LogP contribution < -0.4 is 15.4 Å². The zero-order chi connectivity index (χ0) is 20.4. The fourth-order valence-electron chi connectivity index (χ4n) is 3.91. The zero-order valence-corrected chi connectivity index (χ0v) is 16.4. The number of amides is 2. The molecule has 152 valence electrons. The number of aromatic nitrogens is 1. The molecule has 0 radical (unpaired) electrons. The van der Waals surface area contributed by atoms with Gasteiger partial charge in [-0.3, -0.25) is 14.6 Å². The molecule has 1 atom stereocenters. The van der Waals surface area contributed by atoms with E-state index in [0.29, 0.717) is 12.3 Å². The van der Waals surface area contributed by atoms with Gasteiger partial charge in [0.25, 0.3) is 5.91 Å². The Morgan fingerprint density at radius 1 is 1.21 bits per heavy atom. The topological polar surface area (TPSA) is 80.3 Å². The Morgan fingerprint density at radius 2 is 1.93 bits per heavy atom. The van der Waals surface area contributed by atoms with Crippen molar-refractivity contribution in [2.75, 3.05) is 6.61 Å². The normalized spacial score (nSPS) is 22.6. The molecule has 3 fully saturated rings. The van der Waals surface area contributed by atoms with Crippen LogP contribution in [0.4, 0.5) is 4.39 Å². The molecule has 6 nitrogen and oxygen atoms in total. The molecule has 1 aromatic carbocycles. The number of carbonyl (C=O) groups is 2. The van der Waals surface area contributed by atoms with Crippen LogP contribution in [0.1, 0.15) is 24.8 Å². The third-order valence-electron chi connectivity index (χ3n) is 5.61. The quantitative estimate of drug-likeness (QED) is 0.647.